The summed E-state index contributed by atoms with van der Waals surface area (Å²) in [5.74, 6) is 0.312. The lowest BCUT2D eigenvalue weighted by Crippen LogP contribution is -2.47. The predicted molar refractivity (Wildman–Crippen MR) is 164 cm³/mol. The fourth-order valence-corrected chi connectivity index (χ4v) is 5.84. The average molecular weight is 575 g/mol. The zero-order valence-electron chi connectivity index (χ0n) is 26.0. The summed E-state index contributed by atoms with van der Waals surface area (Å²) < 4.78 is 12.7. The van der Waals surface area contributed by atoms with E-state index < -0.39 is 6.04 Å². The van der Waals surface area contributed by atoms with Gasteiger partial charge in [0.2, 0.25) is 0 Å². The number of ether oxygens (including phenoxy) is 2. The maximum Gasteiger partial charge on any atom is 0.319 e. The second-order valence-electron chi connectivity index (χ2n) is 12.2. The Labute approximate surface area is 247 Å². The standard InChI is InChI=1S/C32H54N4O5/c1-6-17-35(5)21-30-23(2)20-36(24(3)22-37)31(38)28-19-27(34-32(39)33-26-13-8-7-9-14-26)15-16-29(28)41-25(4)12-10-11-18-40-30/h15-16,19,23-26,30,37H,6-14,17-18,20-22H2,1-5H3,(H2,33,34,39)/t23-,24+,25+,30-/m0/s1. The molecule has 0 saturated heterocycles. The minimum Gasteiger partial charge on any atom is -0.490 e. The van der Waals surface area contributed by atoms with Crippen LogP contribution in [-0.4, -0.2) is 91.0 Å². The van der Waals surface area contributed by atoms with E-state index in [1.165, 1.54) is 6.42 Å². The molecule has 4 atom stereocenters. The fraction of sp³-hybridized carbons (Fsp3) is 0.750. The van der Waals surface area contributed by atoms with Crippen LogP contribution in [0.3, 0.4) is 0 Å². The Morgan fingerprint density at radius 2 is 1.88 bits per heavy atom. The Kier molecular flexibility index (Phi) is 13.7. The van der Waals surface area contributed by atoms with Crippen molar-refractivity contribution in [3.05, 3.63) is 23.8 Å². The van der Waals surface area contributed by atoms with Crippen molar-refractivity contribution in [3.8, 4) is 5.75 Å². The summed E-state index contributed by atoms with van der Waals surface area (Å²) >= 11 is 0. The van der Waals surface area contributed by atoms with Crippen LogP contribution in [0.15, 0.2) is 18.2 Å². The Bertz CT molecular complexity index is 954. The van der Waals surface area contributed by atoms with E-state index in [-0.39, 0.29) is 42.7 Å². The molecular formula is C32H54N4O5. The van der Waals surface area contributed by atoms with Gasteiger partial charge in [-0.15, -0.1) is 0 Å². The van der Waals surface area contributed by atoms with Gasteiger partial charge in [-0.1, -0.05) is 33.1 Å². The summed E-state index contributed by atoms with van der Waals surface area (Å²) in [6.07, 6.45) is 9.14. The van der Waals surface area contributed by atoms with Crippen LogP contribution in [-0.2, 0) is 4.74 Å². The number of aliphatic hydroxyl groups excluding tert-OH is 1. The van der Waals surface area contributed by atoms with Crippen LogP contribution in [0.2, 0.25) is 0 Å². The molecule has 1 aromatic carbocycles. The number of carbonyl (C=O) groups excluding carboxylic acids is 2. The van der Waals surface area contributed by atoms with Crippen molar-refractivity contribution in [1.29, 1.82) is 0 Å². The van der Waals surface area contributed by atoms with Gasteiger partial charge in [0.1, 0.15) is 5.75 Å². The van der Waals surface area contributed by atoms with E-state index in [2.05, 4.69) is 36.4 Å². The molecule has 0 radical (unpaired) electrons. The molecule has 0 spiro atoms. The molecule has 3 rings (SSSR count). The number of urea groups is 1. The minimum absolute atomic E-state index is 0.0414. The first-order valence-electron chi connectivity index (χ1n) is 15.8. The molecule has 3 N–H and O–H groups in total. The van der Waals surface area contributed by atoms with Crippen LogP contribution >= 0.6 is 0 Å². The molecule has 3 amide bonds. The van der Waals surface area contributed by atoms with Crippen LogP contribution in [0.25, 0.3) is 0 Å². The van der Waals surface area contributed by atoms with Gasteiger partial charge >= 0.3 is 6.03 Å². The van der Waals surface area contributed by atoms with Gasteiger partial charge < -0.3 is 35.0 Å². The van der Waals surface area contributed by atoms with Gasteiger partial charge in [-0.25, -0.2) is 4.79 Å². The lowest BCUT2D eigenvalue weighted by molar-refractivity contribution is -0.0167. The number of aliphatic hydroxyl groups is 1. The normalized spacial score (nSPS) is 24.2. The largest absolute Gasteiger partial charge is 0.490 e. The van der Waals surface area contributed by atoms with Crippen molar-refractivity contribution in [2.75, 3.05) is 45.2 Å². The number of rotatable bonds is 8. The predicted octanol–water partition coefficient (Wildman–Crippen LogP) is 5.28. The lowest BCUT2D eigenvalue weighted by Gasteiger charge is -2.35. The van der Waals surface area contributed by atoms with Crippen LogP contribution in [0.5, 0.6) is 5.75 Å². The number of fused-ring (bicyclic) bond motifs is 1. The maximum atomic E-state index is 14.2. The number of hydrogen-bond acceptors (Lipinski definition) is 6. The molecule has 0 aromatic heterocycles. The number of likely N-dealkylation sites (N-methyl/N-ethyl adjacent to an activating group) is 1. The van der Waals surface area contributed by atoms with E-state index in [0.717, 1.165) is 64.5 Å². The molecule has 1 heterocycles. The van der Waals surface area contributed by atoms with Gasteiger partial charge in [0, 0.05) is 37.3 Å². The Hall–Kier alpha value is -2.36. The molecule has 1 aliphatic carbocycles. The van der Waals surface area contributed by atoms with Gasteiger partial charge in [-0.05, 0) is 84.2 Å². The fourth-order valence-electron chi connectivity index (χ4n) is 5.84. The van der Waals surface area contributed by atoms with Crippen LogP contribution < -0.4 is 15.4 Å². The smallest absolute Gasteiger partial charge is 0.319 e. The summed E-state index contributed by atoms with van der Waals surface area (Å²) in [5.41, 5.74) is 0.923. The van der Waals surface area contributed by atoms with Crippen molar-refractivity contribution in [2.45, 2.75) is 110 Å². The van der Waals surface area contributed by atoms with Crippen molar-refractivity contribution >= 4 is 17.6 Å². The summed E-state index contributed by atoms with van der Waals surface area (Å²) in [4.78, 5) is 31.0. The maximum absolute atomic E-state index is 14.2. The van der Waals surface area contributed by atoms with Crippen LogP contribution in [0.1, 0.15) is 95.8 Å². The number of nitrogens with one attached hydrogen (secondary N) is 2. The second-order valence-corrected chi connectivity index (χ2v) is 12.2. The summed E-state index contributed by atoms with van der Waals surface area (Å²) in [7, 11) is 2.11. The highest BCUT2D eigenvalue weighted by Gasteiger charge is 2.30. The third-order valence-corrected chi connectivity index (χ3v) is 8.35. The van der Waals surface area contributed by atoms with Gasteiger partial charge in [0.15, 0.2) is 0 Å². The number of benzene rings is 1. The Balaban J connectivity index is 1.89. The van der Waals surface area contributed by atoms with Crippen molar-refractivity contribution in [2.24, 2.45) is 5.92 Å². The van der Waals surface area contributed by atoms with Crippen LogP contribution in [0, 0.1) is 5.92 Å². The average Bonchev–Trinajstić information content (AvgIpc) is 2.95. The Morgan fingerprint density at radius 1 is 1.15 bits per heavy atom. The number of carbonyl (C=O) groups is 2. The topological polar surface area (TPSA) is 103 Å². The minimum atomic E-state index is -0.400. The molecule has 2 aliphatic rings. The van der Waals surface area contributed by atoms with E-state index in [0.29, 0.717) is 30.2 Å². The summed E-state index contributed by atoms with van der Waals surface area (Å²) in [5, 5.41) is 16.1. The third kappa shape index (κ3) is 10.5. The number of nitrogens with zero attached hydrogens (tertiary/aromatic N) is 2. The number of amides is 3. The number of hydrogen-bond donors (Lipinski definition) is 3. The highest BCUT2D eigenvalue weighted by atomic mass is 16.5. The zero-order valence-corrected chi connectivity index (χ0v) is 26.0. The molecule has 9 heteroatoms. The van der Waals surface area contributed by atoms with Crippen LogP contribution in [0.4, 0.5) is 10.5 Å². The Morgan fingerprint density at radius 3 is 2.59 bits per heavy atom. The molecule has 1 fully saturated rings. The first kappa shape index (κ1) is 33.1. The highest BCUT2D eigenvalue weighted by molar-refractivity contribution is 5.99. The van der Waals surface area contributed by atoms with E-state index in [1.54, 1.807) is 23.1 Å². The zero-order chi connectivity index (χ0) is 29.8. The molecule has 9 nitrogen and oxygen atoms in total. The number of anilines is 1. The van der Waals surface area contributed by atoms with Crippen molar-refractivity contribution in [1.82, 2.24) is 15.1 Å². The summed E-state index contributed by atoms with van der Waals surface area (Å²) in [6.45, 7) is 10.9. The quantitative estimate of drug-likeness (QED) is 0.391. The molecule has 232 valence electrons. The van der Waals surface area contributed by atoms with E-state index in [1.807, 2.05) is 13.8 Å². The first-order valence-corrected chi connectivity index (χ1v) is 15.8. The monoisotopic (exact) mass is 574 g/mol. The molecule has 0 unspecified atom stereocenters. The van der Waals surface area contributed by atoms with Crippen molar-refractivity contribution in [3.63, 3.8) is 0 Å². The van der Waals surface area contributed by atoms with Gasteiger partial charge in [-0.3, -0.25) is 4.79 Å². The van der Waals surface area contributed by atoms with Gasteiger partial charge in [0.05, 0.1) is 30.4 Å². The highest BCUT2D eigenvalue weighted by Crippen LogP contribution is 2.28. The molecule has 1 aliphatic heterocycles. The van der Waals surface area contributed by atoms with E-state index in [9.17, 15) is 14.7 Å². The third-order valence-electron chi connectivity index (χ3n) is 8.35. The molecular weight excluding hydrogens is 520 g/mol. The molecule has 1 aromatic rings. The second kappa shape index (κ2) is 16.9. The SMILES string of the molecule is CCCN(C)C[C@@H]1OCCCC[C@@H](C)Oc2ccc(NC(=O)NC3CCCCC3)cc2C(=O)N([C@H](C)CO)C[C@@H]1C. The van der Waals surface area contributed by atoms with Gasteiger partial charge in [0.25, 0.3) is 5.91 Å². The lowest BCUT2D eigenvalue weighted by atomic mass is 9.96. The van der Waals surface area contributed by atoms with E-state index >= 15 is 0 Å². The molecule has 41 heavy (non-hydrogen) atoms. The van der Waals surface area contributed by atoms with E-state index in [4.69, 9.17) is 9.47 Å². The molecule has 0 bridgehead atoms. The first-order chi connectivity index (χ1) is 19.7. The van der Waals surface area contributed by atoms with Gasteiger partial charge in [-0.2, -0.15) is 0 Å². The summed E-state index contributed by atoms with van der Waals surface area (Å²) in [6, 6.07) is 4.80. The van der Waals surface area contributed by atoms with Crippen molar-refractivity contribution < 1.29 is 24.2 Å². The molecule has 1 saturated carbocycles.